The third kappa shape index (κ3) is 1.42. The van der Waals surface area contributed by atoms with E-state index in [2.05, 4.69) is 27.7 Å². The molecular weight excluding hydrogens is 140 g/mol. The van der Waals surface area contributed by atoms with Crippen LogP contribution >= 0.6 is 0 Å². The summed E-state index contributed by atoms with van der Waals surface area (Å²) in [5.41, 5.74) is -0.396. The maximum Gasteiger partial charge on any atom is 0.164 e. The standard InChI is InChI=1S/C9H18O2/c1-7(2)8(3,4)11-9(5,6)10-7/h1-6H3. The van der Waals surface area contributed by atoms with E-state index in [-0.39, 0.29) is 11.2 Å². The summed E-state index contributed by atoms with van der Waals surface area (Å²) in [6.45, 7) is 12.1. The fraction of sp³-hybridized carbons (Fsp3) is 1.00. The zero-order valence-electron chi connectivity index (χ0n) is 8.32. The molecule has 0 aromatic heterocycles. The summed E-state index contributed by atoms with van der Waals surface area (Å²) < 4.78 is 11.5. The van der Waals surface area contributed by atoms with Gasteiger partial charge in [0.05, 0.1) is 11.2 Å². The second-order valence-corrected chi connectivity index (χ2v) is 4.62. The fourth-order valence-electron chi connectivity index (χ4n) is 1.50. The minimum Gasteiger partial charge on any atom is -0.342 e. The second kappa shape index (κ2) is 1.99. The highest BCUT2D eigenvalue weighted by Gasteiger charge is 2.52. The molecule has 1 heterocycles. The average Bonchev–Trinajstić information content (AvgIpc) is 1.66. The van der Waals surface area contributed by atoms with Crippen LogP contribution in [0, 0.1) is 0 Å². The molecule has 0 spiro atoms. The molecule has 66 valence electrons. The van der Waals surface area contributed by atoms with Crippen molar-refractivity contribution in [2.24, 2.45) is 0 Å². The quantitative estimate of drug-likeness (QED) is 0.538. The van der Waals surface area contributed by atoms with Crippen LogP contribution in [0.25, 0.3) is 0 Å². The molecule has 0 unspecified atom stereocenters. The molecule has 1 fully saturated rings. The Morgan fingerprint density at radius 1 is 0.636 bits per heavy atom. The predicted molar refractivity (Wildman–Crippen MR) is 44.4 cm³/mol. The largest absolute Gasteiger partial charge is 0.342 e. The smallest absolute Gasteiger partial charge is 0.164 e. The van der Waals surface area contributed by atoms with Crippen molar-refractivity contribution >= 4 is 0 Å². The molecule has 0 bridgehead atoms. The SMILES string of the molecule is CC1(C)OC(C)(C)C(C)(C)O1. The Kier molecular flexibility index (Phi) is 1.63. The number of hydrogen-bond acceptors (Lipinski definition) is 2. The molecule has 0 N–H and O–H groups in total. The van der Waals surface area contributed by atoms with E-state index in [1.165, 1.54) is 0 Å². The molecule has 0 aromatic carbocycles. The van der Waals surface area contributed by atoms with Crippen molar-refractivity contribution in [1.29, 1.82) is 0 Å². The van der Waals surface area contributed by atoms with Gasteiger partial charge in [0.2, 0.25) is 0 Å². The van der Waals surface area contributed by atoms with Gasteiger partial charge in [0, 0.05) is 0 Å². The minimum absolute atomic E-state index is 0.198. The van der Waals surface area contributed by atoms with Crippen LogP contribution < -0.4 is 0 Å². The lowest BCUT2D eigenvalue weighted by molar-refractivity contribution is -0.163. The summed E-state index contributed by atoms with van der Waals surface area (Å²) in [5.74, 6) is -0.438. The summed E-state index contributed by atoms with van der Waals surface area (Å²) in [6.07, 6.45) is 0. The first-order valence-electron chi connectivity index (χ1n) is 4.07. The lowest BCUT2D eigenvalue weighted by atomic mass is 9.90. The molecule has 2 heteroatoms. The molecular formula is C9H18O2. The zero-order chi connectivity index (χ0) is 8.91. The highest BCUT2D eigenvalue weighted by Crippen LogP contribution is 2.43. The normalized spacial score (nSPS) is 32.2. The van der Waals surface area contributed by atoms with Crippen LogP contribution in [-0.2, 0) is 9.47 Å². The zero-order valence-corrected chi connectivity index (χ0v) is 8.32. The predicted octanol–water partition coefficient (Wildman–Crippen LogP) is 2.33. The van der Waals surface area contributed by atoms with Gasteiger partial charge in [0.25, 0.3) is 0 Å². The van der Waals surface area contributed by atoms with Gasteiger partial charge in [0.15, 0.2) is 5.79 Å². The summed E-state index contributed by atoms with van der Waals surface area (Å²) in [6, 6.07) is 0. The van der Waals surface area contributed by atoms with E-state index in [0.29, 0.717) is 0 Å². The Hall–Kier alpha value is -0.0800. The number of rotatable bonds is 0. The van der Waals surface area contributed by atoms with Gasteiger partial charge in [-0.3, -0.25) is 0 Å². The maximum absolute atomic E-state index is 5.73. The molecule has 11 heavy (non-hydrogen) atoms. The van der Waals surface area contributed by atoms with Crippen molar-refractivity contribution < 1.29 is 9.47 Å². The van der Waals surface area contributed by atoms with E-state index in [9.17, 15) is 0 Å². The van der Waals surface area contributed by atoms with Crippen molar-refractivity contribution in [3.8, 4) is 0 Å². The van der Waals surface area contributed by atoms with Gasteiger partial charge in [-0.1, -0.05) is 0 Å². The van der Waals surface area contributed by atoms with E-state index in [1.807, 2.05) is 13.8 Å². The molecule has 0 atom stereocenters. The van der Waals surface area contributed by atoms with Crippen molar-refractivity contribution in [1.82, 2.24) is 0 Å². The van der Waals surface area contributed by atoms with Gasteiger partial charge in [0.1, 0.15) is 0 Å². The molecule has 1 aliphatic heterocycles. The van der Waals surface area contributed by atoms with Gasteiger partial charge >= 0.3 is 0 Å². The van der Waals surface area contributed by atoms with Crippen LogP contribution in [-0.4, -0.2) is 17.0 Å². The van der Waals surface area contributed by atoms with E-state index >= 15 is 0 Å². The molecule has 1 aliphatic rings. The van der Waals surface area contributed by atoms with Gasteiger partial charge < -0.3 is 9.47 Å². The lowest BCUT2D eigenvalue weighted by Crippen LogP contribution is -2.41. The van der Waals surface area contributed by atoms with Gasteiger partial charge in [-0.2, -0.15) is 0 Å². The molecule has 1 saturated heterocycles. The first-order valence-corrected chi connectivity index (χ1v) is 4.07. The summed E-state index contributed by atoms with van der Waals surface area (Å²) >= 11 is 0. The molecule has 0 aromatic rings. The van der Waals surface area contributed by atoms with E-state index in [4.69, 9.17) is 9.47 Å². The minimum atomic E-state index is -0.438. The van der Waals surface area contributed by atoms with Gasteiger partial charge in [-0.05, 0) is 41.5 Å². The highest BCUT2D eigenvalue weighted by atomic mass is 16.8. The van der Waals surface area contributed by atoms with Crippen molar-refractivity contribution in [3.05, 3.63) is 0 Å². The average molecular weight is 158 g/mol. The van der Waals surface area contributed by atoms with Crippen LogP contribution in [0.2, 0.25) is 0 Å². The summed E-state index contributed by atoms with van der Waals surface area (Å²) in [7, 11) is 0. The van der Waals surface area contributed by atoms with Crippen LogP contribution in [0.5, 0.6) is 0 Å². The van der Waals surface area contributed by atoms with Crippen LogP contribution in [0.4, 0.5) is 0 Å². The number of ether oxygens (including phenoxy) is 2. The Morgan fingerprint density at radius 2 is 0.909 bits per heavy atom. The highest BCUT2D eigenvalue weighted by molar-refractivity contribution is 4.96. The Morgan fingerprint density at radius 3 is 1.00 bits per heavy atom. The van der Waals surface area contributed by atoms with E-state index in [1.54, 1.807) is 0 Å². The third-order valence-electron chi connectivity index (χ3n) is 2.45. The lowest BCUT2D eigenvalue weighted by Gasteiger charge is -2.30. The van der Waals surface area contributed by atoms with E-state index < -0.39 is 5.79 Å². The first kappa shape index (κ1) is 9.01. The van der Waals surface area contributed by atoms with Crippen molar-refractivity contribution in [3.63, 3.8) is 0 Å². The first-order chi connectivity index (χ1) is 4.66. The topological polar surface area (TPSA) is 18.5 Å². The van der Waals surface area contributed by atoms with Crippen molar-refractivity contribution in [2.75, 3.05) is 0 Å². The Bertz CT molecular complexity index is 150. The number of hydrogen-bond donors (Lipinski definition) is 0. The van der Waals surface area contributed by atoms with Crippen molar-refractivity contribution in [2.45, 2.75) is 58.5 Å². The van der Waals surface area contributed by atoms with Crippen LogP contribution in [0.1, 0.15) is 41.5 Å². The molecule has 2 nitrogen and oxygen atoms in total. The Balaban J connectivity index is 2.89. The fourth-order valence-corrected chi connectivity index (χ4v) is 1.50. The summed E-state index contributed by atoms with van der Waals surface area (Å²) in [4.78, 5) is 0. The van der Waals surface area contributed by atoms with Crippen LogP contribution in [0.3, 0.4) is 0 Å². The van der Waals surface area contributed by atoms with E-state index in [0.717, 1.165) is 0 Å². The van der Waals surface area contributed by atoms with Gasteiger partial charge in [-0.15, -0.1) is 0 Å². The van der Waals surface area contributed by atoms with Crippen LogP contribution in [0.15, 0.2) is 0 Å². The second-order valence-electron chi connectivity index (χ2n) is 4.62. The molecule has 0 radical (unpaired) electrons. The molecule has 0 amide bonds. The Labute approximate surface area is 68.9 Å². The molecule has 0 saturated carbocycles. The molecule has 0 aliphatic carbocycles. The monoisotopic (exact) mass is 158 g/mol. The summed E-state index contributed by atoms with van der Waals surface area (Å²) in [5, 5.41) is 0. The van der Waals surface area contributed by atoms with Gasteiger partial charge in [-0.25, -0.2) is 0 Å². The third-order valence-corrected chi connectivity index (χ3v) is 2.45. The maximum atomic E-state index is 5.73. The molecule has 1 rings (SSSR count).